The Kier molecular flexibility index (Phi) is 0.598. The fraction of sp³-hybridized carbons (Fsp3) is 0.714. The summed E-state index contributed by atoms with van der Waals surface area (Å²) in [6.45, 7) is 2.22. The number of hydrogen-bond donors (Lipinski definition) is 1. The summed E-state index contributed by atoms with van der Waals surface area (Å²) in [5.41, 5.74) is 0.319. The van der Waals surface area contributed by atoms with E-state index in [1.807, 2.05) is 0 Å². The van der Waals surface area contributed by atoms with E-state index in [1.54, 1.807) is 0 Å². The Balaban J connectivity index is 2.22. The minimum absolute atomic E-state index is 0.319. The predicted molar refractivity (Wildman–Crippen MR) is 32.2 cm³/mol. The summed E-state index contributed by atoms with van der Waals surface area (Å²) in [5, 5.41) is 3.27. The highest BCUT2D eigenvalue weighted by atomic mass is 15.0. The largest absolute Gasteiger partial charge is 0.315 e. The van der Waals surface area contributed by atoms with Crippen LogP contribution in [0.4, 0.5) is 0 Å². The first-order chi connectivity index (χ1) is 3.87. The lowest BCUT2D eigenvalue weighted by molar-refractivity contribution is 0.667. The van der Waals surface area contributed by atoms with Crippen LogP contribution < -0.4 is 5.32 Å². The first-order valence-corrected chi connectivity index (χ1v) is 3.06. The lowest BCUT2D eigenvalue weighted by Crippen LogP contribution is -2.14. The highest BCUT2D eigenvalue weighted by Gasteiger charge is 2.55. The average Bonchev–Trinajstić information content (AvgIpc) is 2.38. The molecule has 1 aliphatic heterocycles. The van der Waals surface area contributed by atoms with Crippen molar-refractivity contribution in [3.8, 4) is 12.3 Å². The molecule has 0 aromatic rings. The first-order valence-electron chi connectivity index (χ1n) is 3.06. The lowest BCUT2D eigenvalue weighted by atomic mass is 10.1. The van der Waals surface area contributed by atoms with E-state index in [-0.39, 0.29) is 0 Å². The van der Waals surface area contributed by atoms with Crippen molar-refractivity contribution in [3.05, 3.63) is 0 Å². The molecule has 1 saturated carbocycles. The number of rotatable bonds is 0. The Bertz CT molecular complexity index is 156. The normalized spacial score (nSPS) is 50.1. The Morgan fingerprint density at radius 1 is 1.75 bits per heavy atom. The van der Waals surface area contributed by atoms with Crippen LogP contribution >= 0.6 is 0 Å². The van der Waals surface area contributed by atoms with Crippen molar-refractivity contribution in [3.63, 3.8) is 0 Å². The molecule has 8 heavy (non-hydrogen) atoms. The van der Waals surface area contributed by atoms with Crippen LogP contribution in [-0.2, 0) is 0 Å². The van der Waals surface area contributed by atoms with Crippen molar-refractivity contribution < 1.29 is 0 Å². The summed E-state index contributed by atoms with van der Waals surface area (Å²) >= 11 is 0. The van der Waals surface area contributed by atoms with Crippen LogP contribution in [0.15, 0.2) is 0 Å². The Hall–Kier alpha value is -0.480. The van der Waals surface area contributed by atoms with Gasteiger partial charge in [-0.25, -0.2) is 0 Å². The number of fused-ring (bicyclic) bond motifs is 1. The van der Waals surface area contributed by atoms with Crippen LogP contribution in [0.2, 0.25) is 0 Å². The third-order valence-corrected chi connectivity index (χ3v) is 2.35. The van der Waals surface area contributed by atoms with E-state index in [0.29, 0.717) is 5.41 Å². The van der Waals surface area contributed by atoms with Gasteiger partial charge >= 0.3 is 0 Å². The molecule has 0 amide bonds. The molecular weight excluding hydrogens is 98.1 g/mol. The maximum absolute atomic E-state index is 5.32. The monoisotopic (exact) mass is 107 g/mol. The zero-order valence-electron chi connectivity index (χ0n) is 4.78. The summed E-state index contributed by atoms with van der Waals surface area (Å²) < 4.78 is 0. The maximum atomic E-state index is 5.32. The quantitative estimate of drug-likeness (QED) is 0.437. The van der Waals surface area contributed by atoms with Crippen LogP contribution in [0.1, 0.15) is 6.42 Å². The van der Waals surface area contributed by atoms with Crippen LogP contribution in [0.25, 0.3) is 0 Å². The molecule has 1 nitrogen and oxygen atoms in total. The number of nitrogens with one attached hydrogen (secondary N) is 1. The molecule has 1 aliphatic carbocycles. The highest BCUT2D eigenvalue weighted by molar-refractivity contribution is 5.24. The number of terminal acetylenes is 1. The molecule has 0 spiro atoms. The predicted octanol–water partition coefficient (Wildman–Crippen LogP) is 0.229. The van der Waals surface area contributed by atoms with Crippen LogP contribution in [-0.4, -0.2) is 13.1 Å². The van der Waals surface area contributed by atoms with E-state index in [4.69, 9.17) is 6.42 Å². The Morgan fingerprint density at radius 2 is 2.62 bits per heavy atom. The molecule has 1 heterocycles. The van der Waals surface area contributed by atoms with E-state index in [2.05, 4.69) is 11.2 Å². The van der Waals surface area contributed by atoms with Gasteiger partial charge in [0.2, 0.25) is 0 Å². The van der Waals surface area contributed by atoms with E-state index in [1.165, 1.54) is 6.42 Å². The van der Waals surface area contributed by atoms with Crippen molar-refractivity contribution in [1.29, 1.82) is 0 Å². The molecule has 2 rings (SSSR count). The summed E-state index contributed by atoms with van der Waals surface area (Å²) in [7, 11) is 0. The second-order valence-electron chi connectivity index (χ2n) is 2.83. The van der Waals surface area contributed by atoms with Crippen LogP contribution in [0.3, 0.4) is 0 Å². The minimum atomic E-state index is 0.319. The van der Waals surface area contributed by atoms with Crippen molar-refractivity contribution in [2.75, 3.05) is 13.1 Å². The molecule has 1 saturated heterocycles. The lowest BCUT2D eigenvalue weighted by Gasteiger charge is -1.97. The highest BCUT2D eigenvalue weighted by Crippen LogP contribution is 2.54. The Morgan fingerprint density at radius 3 is 2.88 bits per heavy atom. The number of hydrogen-bond acceptors (Lipinski definition) is 1. The van der Waals surface area contributed by atoms with E-state index >= 15 is 0 Å². The van der Waals surface area contributed by atoms with Crippen molar-refractivity contribution in [2.45, 2.75) is 6.42 Å². The topological polar surface area (TPSA) is 12.0 Å². The zero-order valence-corrected chi connectivity index (χ0v) is 4.78. The molecule has 2 atom stereocenters. The zero-order chi connectivity index (χ0) is 5.61. The van der Waals surface area contributed by atoms with Crippen molar-refractivity contribution in [2.24, 2.45) is 11.3 Å². The van der Waals surface area contributed by atoms with Gasteiger partial charge in [-0.1, -0.05) is 5.92 Å². The fourth-order valence-electron chi connectivity index (χ4n) is 1.56. The van der Waals surface area contributed by atoms with Crippen molar-refractivity contribution >= 4 is 0 Å². The Labute approximate surface area is 49.5 Å². The van der Waals surface area contributed by atoms with Gasteiger partial charge in [0, 0.05) is 12.0 Å². The number of piperidine rings is 1. The third-order valence-electron chi connectivity index (χ3n) is 2.35. The molecule has 1 heteroatoms. The first kappa shape index (κ1) is 4.40. The molecule has 2 fully saturated rings. The molecule has 1 unspecified atom stereocenters. The summed E-state index contributed by atoms with van der Waals surface area (Å²) in [6, 6.07) is 0. The molecule has 2 aliphatic rings. The van der Waals surface area contributed by atoms with E-state index in [0.717, 1.165) is 19.0 Å². The van der Waals surface area contributed by atoms with Gasteiger partial charge in [0.1, 0.15) is 0 Å². The molecule has 0 bridgehead atoms. The molecule has 1 N–H and O–H groups in total. The van der Waals surface area contributed by atoms with Gasteiger partial charge < -0.3 is 5.32 Å². The minimum Gasteiger partial charge on any atom is -0.315 e. The van der Waals surface area contributed by atoms with Gasteiger partial charge in [0.15, 0.2) is 0 Å². The van der Waals surface area contributed by atoms with Gasteiger partial charge in [0.05, 0.1) is 0 Å². The average molecular weight is 107 g/mol. The van der Waals surface area contributed by atoms with Gasteiger partial charge in [-0.05, 0) is 18.9 Å². The third kappa shape index (κ3) is 0.329. The maximum Gasteiger partial charge on any atom is 0.0480 e. The molecule has 0 aromatic heterocycles. The molecule has 0 aromatic carbocycles. The van der Waals surface area contributed by atoms with Gasteiger partial charge in [-0.15, -0.1) is 6.42 Å². The summed E-state index contributed by atoms with van der Waals surface area (Å²) in [4.78, 5) is 0. The van der Waals surface area contributed by atoms with Gasteiger partial charge in [-0.2, -0.15) is 0 Å². The smallest absolute Gasteiger partial charge is 0.0480 e. The van der Waals surface area contributed by atoms with Gasteiger partial charge in [0.25, 0.3) is 0 Å². The van der Waals surface area contributed by atoms with Crippen LogP contribution in [0.5, 0.6) is 0 Å². The van der Waals surface area contributed by atoms with E-state index < -0.39 is 0 Å². The fourth-order valence-corrected chi connectivity index (χ4v) is 1.56. The standard InChI is InChI=1S/C7H9N/c1-2-7-3-6(7)4-8-5-7/h1,6,8H,3-5H2/t6?,7-/m0/s1. The molecular formula is C7H9N. The summed E-state index contributed by atoms with van der Waals surface area (Å²) in [5.74, 6) is 3.68. The van der Waals surface area contributed by atoms with Crippen LogP contribution in [0, 0.1) is 23.7 Å². The molecule has 0 radical (unpaired) electrons. The summed E-state index contributed by atoms with van der Waals surface area (Å²) in [6.07, 6.45) is 6.59. The van der Waals surface area contributed by atoms with Crippen molar-refractivity contribution in [1.82, 2.24) is 5.32 Å². The second-order valence-corrected chi connectivity index (χ2v) is 2.83. The second kappa shape index (κ2) is 1.09. The SMILES string of the molecule is C#C[C@]12CNCC1C2. The van der Waals surface area contributed by atoms with E-state index in [9.17, 15) is 0 Å². The molecule has 42 valence electrons. The van der Waals surface area contributed by atoms with Gasteiger partial charge in [-0.3, -0.25) is 0 Å².